The number of benzene rings is 4. The molecule has 1 aliphatic heterocycles. The molecule has 0 spiro atoms. The van der Waals surface area contributed by atoms with Crippen molar-refractivity contribution in [2.24, 2.45) is 23.0 Å². The average molecular weight is 1180 g/mol. The van der Waals surface area contributed by atoms with Crippen LogP contribution in [0.1, 0.15) is 123 Å². The van der Waals surface area contributed by atoms with E-state index >= 15 is 0 Å². The molecule has 0 aliphatic carbocycles. The number of anilines is 3. The molecule has 1 aliphatic rings. The topological polar surface area (TPSA) is 300 Å². The van der Waals surface area contributed by atoms with Crippen LogP contribution >= 0.6 is 0 Å². The maximum Gasteiger partial charge on any atom is 0.411 e. The fraction of sp³-hybridized carbons (Fsp3) is 0.431. The highest BCUT2D eigenvalue weighted by molar-refractivity contribution is 6.00. The third-order valence-corrected chi connectivity index (χ3v) is 15.0. The van der Waals surface area contributed by atoms with Gasteiger partial charge in [0.15, 0.2) is 0 Å². The molecule has 4 aromatic rings. The summed E-state index contributed by atoms with van der Waals surface area (Å²) in [5, 5.41) is 29.2. The van der Waals surface area contributed by atoms with Crippen LogP contribution in [0.2, 0.25) is 0 Å². The van der Waals surface area contributed by atoms with E-state index < -0.39 is 88.7 Å². The summed E-state index contributed by atoms with van der Waals surface area (Å²) in [6, 6.07) is 22.9. The highest BCUT2D eigenvalue weighted by atomic mass is 16.5. The van der Waals surface area contributed by atoms with E-state index in [4.69, 9.17) is 10.5 Å². The van der Waals surface area contributed by atoms with Gasteiger partial charge in [0.1, 0.15) is 24.7 Å². The lowest BCUT2D eigenvalue weighted by Crippen LogP contribution is -2.61. The van der Waals surface area contributed by atoms with Crippen molar-refractivity contribution >= 4 is 70.6 Å². The van der Waals surface area contributed by atoms with Gasteiger partial charge in [-0.15, -0.1) is 0 Å². The van der Waals surface area contributed by atoms with Crippen molar-refractivity contribution in [1.29, 1.82) is 0 Å². The second-order valence-corrected chi connectivity index (χ2v) is 23.7. The van der Waals surface area contributed by atoms with Crippen LogP contribution in [-0.2, 0) is 56.9 Å². The second kappa shape index (κ2) is 30.7. The molecule has 5 rings (SSSR count). The highest BCUT2D eigenvalue weighted by Gasteiger charge is 2.42. The Kier molecular flexibility index (Phi) is 24.2. The molecule has 21 heteroatoms. The highest BCUT2D eigenvalue weighted by Crippen LogP contribution is 2.32. The summed E-state index contributed by atoms with van der Waals surface area (Å²) in [5.41, 5.74) is 8.68. The lowest BCUT2D eigenvalue weighted by atomic mass is 9.76. The number of amides is 9. The van der Waals surface area contributed by atoms with Crippen molar-refractivity contribution in [3.8, 4) is 11.8 Å². The zero-order chi connectivity index (χ0) is 63.6. The third-order valence-electron chi connectivity index (χ3n) is 15.0. The Hall–Kier alpha value is -9.03. The number of nitrogens with zero attached hydrogens (tertiary/aromatic N) is 2. The summed E-state index contributed by atoms with van der Waals surface area (Å²) in [6.45, 7) is 18.2. The predicted molar refractivity (Wildman–Crippen MR) is 330 cm³/mol. The molecular formula is C65H84N10O11. The largest absolute Gasteiger partial charge is 0.478 e. The van der Waals surface area contributed by atoms with Gasteiger partial charge in [-0.3, -0.25) is 34.1 Å². The molecule has 0 saturated carbocycles. The minimum absolute atomic E-state index is 0.0812. The third kappa shape index (κ3) is 19.0. The molecule has 5 atom stereocenters. The maximum absolute atomic E-state index is 14.2. The minimum atomic E-state index is -1.12. The maximum atomic E-state index is 14.2. The molecule has 21 nitrogen and oxygen atoms in total. The van der Waals surface area contributed by atoms with Crippen molar-refractivity contribution in [2.45, 2.75) is 144 Å². The normalized spacial score (nSPS) is 13.9. The molecule has 0 unspecified atom stereocenters. The van der Waals surface area contributed by atoms with E-state index in [-0.39, 0.29) is 68.7 Å². The molecule has 4 aromatic carbocycles. The van der Waals surface area contributed by atoms with Crippen molar-refractivity contribution in [1.82, 2.24) is 31.5 Å². The average Bonchev–Trinajstić information content (AvgIpc) is 3.59. The Morgan fingerprint density at radius 3 is 2.02 bits per heavy atom. The van der Waals surface area contributed by atoms with Gasteiger partial charge in [-0.2, -0.15) is 0 Å². The molecule has 0 saturated heterocycles. The first-order valence-corrected chi connectivity index (χ1v) is 28.7. The number of likely N-dealkylation sites (N-methyl/N-ethyl adjacent to an activating group) is 2. The fourth-order valence-corrected chi connectivity index (χ4v) is 9.90. The lowest BCUT2D eigenvalue weighted by molar-refractivity contribution is -0.141. The molecule has 86 heavy (non-hydrogen) atoms. The Morgan fingerprint density at radius 1 is 0.744 bits per heavy atom. The molecule has 460 valence electrons. The summed E-state index contributed by atoms with van der Waals surface area (Å²) < 4.78 is 5.56. The van der Waals surface area contributed by atoms with Crippen LogP contribution in [0.5, 0.6) is 0 Å². The van der Waals surface area contributed by atoms with E-state index in [2.05, 4.69) is 49.1 Å². The van der Waals surface area contributed by atoms with Crippen molar-refractivity contribution in [3.05, 3.63) is 137 Å². The number of carbonyl (C=O) groups is 9. The van der Waals surface area contributed by atoms with E-state index in [1.54, 1.807) is 81.4 Å². The number of nitrogens with two attached hydrogens (primary N) is 1. The van der Waals surface area contributed by atoms with Crippen molar-refractivity contribution in [3.63, 3.8) is 0 Å². The van der Waals surface area contributed by atoms with Crippen LogP contribution in [0.4, 0.5) is 26.7 Å². The first kappa shape index (κ1) is 67.8. The van der Waals surface area contributed by atoms with Gasteiger partial charge in [-0.1, -0.05) is 135 Å². The van der Waals surface area contributed by atoms with Gasteiger partial charge in [0.25, 0.3) is 0 Å². The molecule has 0 bridgehead atoms. The monoisotopic (exact) mass is 1180 g/mol. The van der Waals surface area contributed by atoms with E-state index in [9.17, 15) is 48.3 Å². The zero-order valence-electron chi connectivity index (χ0n) is 51.3. The number of hydrogen-bond acceptors (Lipinski definition) is 11. The summed E-state index contributed by atoms with van der Waals surface area (Å²) in [7, 11) is 3.24. The number of nitrogens with one attached hydrogen (secondary N) is 7. The van der Waals surface area contributed by atoms with Gasteiger partial charge in [0.2, 0.25) is 35.4 Å². The standard InChI is InChI=1S/C65H84N10O11/c1-39(2)51(35-41(5)61(82)83)74(12)60(81)56(64(6,7)8)73-59(80)55(67-11)65(9,10)46-22-17-23-48(36-46)70-63(85)86-38-42-26-30-47(31-27-42)69-57(78)49(24-18-34-68-62(66)84)71-58(79)54(40(3)4)72-52(76)32-33-53(77)75-37-45-21-14-13-19-43(45)28-29-44-20-15-16-25-50(44)75/h13-17,19-23,25-27,30-31,35-36,39-40,49,51,54-56,67H,18,24,32-34,37-38H2,1-12H3,(H,69,78)(H,70,85)(H,71,79)(H,72,76)(H,73,80)(H,82,83)(H3,66,68,84)/b41-35+/t49-,51+,54-,55-,56+/m0/s1. The number of urea groups is 1. The number of carbonyl (C=O) groups excluding carboxylic acids is 8. The van der Waals surface area contributed by atoms with Crippen molar-refractivity contribution < 1.29 is 53.0 Å². The smallest absolute Gasteiger partial charge is 0.411 e. The Balaban J connectivity index is 1.18. The first-order valence-electron chi connectivity index (χ1n) is 28.7. The molecule has 0 fully saturated rings. The Morgan fingerprint density at radius 2 is 1.40 bits per heavy atom. The Labute approximate surface area is 504 Å². The number of ether oxygens (including phenoxy) is 1. The summed E-state index contributed by atoms with van der Waals surface area (Å²) in [5.74, 6) is 1.83. The minimum Gasteiger partial charge on any atom is -0.478 e. The number of rotatable bonds is 26. The van der Waals surface area contributed by atoms with Crippen LogP contribution in [0.25, 0.3) is 0 Å². The van der Waals surface area contributed by atoms with Crippen LogP contribution in [0, 0.1) is 29.1 Å². The SMILES string of the molecule is CN[C@@H](C(=O)N[C@H](C(=O)N(C)[C@H](/C=C(\C)C(=O)O)C(C)C)C(C)(C)C)C(C)(C)c1cccc(NC(=O)OCc2ccc(NC(=O)[C@H](CCCNC(N)=O)NC(=O)[C@@H](NC(=O)CCC(=O)N3Cc4ccccc4C#Cc4ccccc43)C(C)C)cc2)c1. The number of para-hydroxylation sites is 1. The number of fused-ring (bicyclic) bond motifs is 2. The van der Waals surface area contributed by atoms with Gasteiger partial charge < -0.3 is 57.3 Å². The summed E-state index contributed by atoms with van der Waals surface area (Å²) >= 11 is 0. The first-order chi connectivity index (χ1) is 40.5. The molecule has 9 amide bonds. The molecule has 0 radical (unpaired) electrons. The van der Waals surface area contributed by atoms with E-state index in [1.165, 1.54) is 11.8 Å². The molecular weight excluding hydrogens is 1100 g/mol. The second-order valence-electron chi connectivity index (χ2n) is 23.7. The summed E-state index contributed by atoms with van der Waals surface area (Å²) in [6.07, 6.45) is 0.742. The van der Waals surface area contributed by atoms with Gasteiger partial charge in [-0.05, 0) is 103 Å². The van der Waals surface area contributed by atoms with Gasteiger partial charge in [0, 0.05) is 59.9 Å². The molecule has 1 heterocycles. The van der Waals surface area contributed by atoms with Crippen molar-refractivity contribution in [2.75, 3.05) is 36.2 Å². The van der Waals surface area contributed by atoms with Crippen LogP contribution in [0.3, 0.4) is 0 Å². The van der Waals surface area contributed by atoms with Crippen LogP contribution in [-0.4, -0.2) is 114 Å². The predicted octanol–water partition coefficient (Wildman–Crippen LogP) is 7.09. The number of hydrogen-bond donors (Lipinski definition) is 9. The van der Waals surface area contributed by atoms with Gasteiger partial charge in [0.05, 0.1) is 24.3 Å². The number of primary amides is 1. The van der Waals surface area contributed by atoms with E-state index in [1.807, 2.05) is 103 Å². The molecule has 0 aromatic heterocycles. The number of carboxylic acids is 1. The van der Waals surface area contributed by atoms with Gasteiger partial charge >= 0.3 is 18.1 Å². The summed E-state index contributed by atoms with van der Waals surface area (Å²) in [4.78, 5) is 123. The van der Waals surface area contributed by atoms with Gasteiger partial charge in [-0.25, -0.2) is 14.4 Å². The zero-order valence-corrected chi connectivity index (χ0v) is 51.3. The van der Waals surface area contributed by atoms with Crippen LogP contribution < -0.4 is 47.9 Å². The lowest BCUT2D eigenvalue weighted by Gasteiger charge is -2.40. The molecule has 10 N–H and O–H groups in total. The van der Waals surface area contributed by atoms with E-state index in [0.717, 1.165) is 11.1 Å². The fourth-order valence-electron chi connectivity index (χ4n) is 9.90. The Bertz CT molecular complexity index is 3210. The number of carboxylic acid groups (broad SMARTS) is 1. The number of aliphatic carboxylic acids is 1. The van der Waals surface area contributed by atoms with E-state index in [0.29, 0.717) is 33.8 Å². The quantitative estimate of drug-likeness (QED) is 0.0173. The van der Waals surface area contributed by atoms with Crippen LogP contribution in [0.15, 0.2) is 109 Å².